The minimum absolute atomic E-state index is 0.00861. The minimum Gasteiger partial charge on any atom is -0.495 e. The summed E-state index contributed by atoms with van der Waals surface area (Å²) in [5.74, 6) is 0.448. The Balaban J connectivity index is 1.72. The smallest absolute Gasteiger partial charge is 0.253 e. The third-order valence-corrected chi connectivity index (χ3v) is 5.72. The van der Waals surface area contributed by atoms with Crippen molar-refractivity contribution in [2.75, 3.05) is 23.9 Å². The zero-order valence-electron chi connectivity index (χ0n) is 13.7. The number of hydrogen-bond acceptors (Lipinski definition) is 6. The number of hydrogen-bond donors (Lipinski definition) is 2. The molecule has 2 N–H and O–H groups in total. The second-order valence-corrected chi connectivity index (χ2v) is 8.09. The molecule has 2 heterocycles. The molecule has 0 aliphatic carbocycles. The number of pyridine rings is 1. The molecule has 132 valence electrons. The Morgan fingerprint density at radius 1 is 1.28 bits per heavy atom. The van der Waals surface area contributed by atoms with Gasteiger partial charge in [0.25, 0.3) is 5.91 Å². The maximum absolute atomic E-state index is 12.3. The topological polar surface area (TPSA) is 97.4 Å². The lowest BCUT2D eigenvalue weighted by Crippen LogP contribution is -2.35. The molecule has 25 heavy (non-hydrogen) atoms. The minimum atomic E-state index is -3.04. The third kappa shape index (κ3) is 4.27. The summed E-state index contributed by atoms with van der Waals surface area (Å²) >= 11 is 0. The number of para-hydroxylation sites is 2. The molecule has 1 aromatic carbocycles. The molecule has 0 spiro atoms. The highest BCUT2D eigenvalue weighted by atomic mass is 32.2. The molecule has 2 aromatic rings. The summed E-state index contributed by atoms with van der Waals surface area (Å²) in [6.45, 7) is 0. The van der Waals surface area contributed by atoms with Crippen molar-refractivity contribution in [2.45, 2.75) is 12.5 Å². The molecule has 1 saturated heterocycles. The van der Waals surface area contributed by atoms with Gasteiger partial charge >= 0.3 is 0 Å². The average molecular weight is 361 g/mol. The molecule has 1 aliphatic rings. The zero-order chi connectivity index (χ0) is 17.9. The van der Waals surface area contributed by atoms with Crippen LogP contribution in [0.3, 0.4) is 0 Å². The zero-order valence-corrected chi connectivity index (χ0v) is 14.5. The Morgan fingerprint density at radius 2 is 2.08 bits per heavy atom. The normalized spacial score (nSPS) is 18.5. The van der Waals surface area contributed by atoms with E-state index in [2.05, 4.69) is 15.6 Å². The van der Waals surface area contributed by atoms with E-state index >= 15 is 0 Å². The fourth-order valence-electron chi connectivity index (χ4n) is 2.71. The van der Waals surface area contributed by atoms with Crippen molar-refractivity contribution in [3.63, 3.8) is 0 Å². The van der Waals surface area contributed by atoms with E-state index in [0.717, 1.165) is 5.69 Å². The molecule has 1 aliphatic heterocycles. The van der Waals surface area contributed by atoms with Gasteiger partial charge in [0, 0.05) is 12.2 Å². The van der Waals surface area contributed by atoms with Gasteiger partial charge in [-0.1, -0.05) is 12.1 Å². The summed E-state index contributed by atoms with van der Waals surface area (Å²) in [4.78, 5) is 16.4. The molecule has 1 atom stereocenters. The number of sulfone groups is 1. The van der Waals surface area contributed by atoms with Crippen LogP contribution in [-0.2, 0) is 9.84 Å². The number of carbonyl (C=O) groups is 1. The first-order valence-electron chi connectivity index (χ1n) is 7.83. The van der Waals surface area contributed by atoms with E-state index in [-0.39, 0.29) is 23.5 Å². The number of methoxy groups -OCH3 is 1. The Morgan fingerprint density at radius 3 is 2.80 bits per heavy atom. The van der Waals surface area contributed by atoms with Gasteiger partial charge in [-0.25, -0.2) is 8.42 Å². The van der Waals surface area contributed by atoms with E-state index in [4.69, 9.17) is 4.74 Å². The molecule has 0 radical (unpaired) electrons. The summed E-state index contributed by atoms with van der Waals surface area (Å²) < 4.78 is 28.3. The number of ether oxygens (including phenoxy) is 1. The first-order valence-corrected chi connectivity index (χ1v) is 9.65. The lowest BCUT2D eigenvalue weighted by molar-refractivity contribution is 0.0941. The Labute approximate surface area is 146 Å². The summed E-state index contributed by atoms with van der Waals surface area (Å²) in [5, 5.41) is 5.92. The lowest BCUT2D eigenvalue weighted by atomic mass is 10.2. The van der Waals surface area contributed by atoms with Gasteiger partial charge in [0.1, 0.15) is 5.75 Å². The Hall–Kier alpha value is -2.61. The summed E-state index contributed by atoms with van der Waals surface area (Å²) in [5.41, 5.74) is 1.76. The van der Waals surface area contributed by atoms with Gasteiger partial charge in [0.05, 0.1) is 41.8 Å². The van der Waals surface area contributed by atoms with E-state index in [1.807, 2.05) is 24.3 Å². The lowest BCUT2D eigenvalue weighted by Gasteiger charge is -2.13. The van der Waals surface area contributed by atoms with Crippen LogP contribution in [0.15, 0.2) is 42.7 Å². The van der Waals surface area contributed by atoms with E-state index in [1.165, 1.54) is 6.20 Å². The number of aromatic nitrogens is 1. The molecule has 7 nitrogen and oxygen atoms in total. The molecule has 8 heteroatoms. The summed E-state index contributed by atoms with van der Waals surface area (Å²) in [7, 11) is -1.45. The van der Waals surface area contributed by atoms with Crippen LogP contribution in [0.2, 0.25) is 0 Å². The number of carbonyl (C=O) groups excluding carboxylic acids is 1. The molecule has 3 rings (SSSR count). The first-order chi connectivity index (χ1) is 12.0. The van der Waals surface area contributed by atoms with Crippen molar-refractivity contribution in [1.82, 2.24) is 10.3 Å². The van der Waals surface area contributed by atoms with Crippen LogP contribution >= 0.6 is 0 Å². The van der Waals surface area contributed by atoms with Crippen molar-refractivity contribution in [2.24, 2.45) is 0 Å². The van der Waals surface area contributed by atoms with E-state index in [1.54, 1.807) is 19.4 Å². The number of nitrogens with one attached hydrogen (secondary N) is 2. The van der Waals surface area contributed by atoms with Crippen LogP contribution in [0.25, 0.3) is 0 Å². The SMILES string of the molecule is COc1ccccc1Nc1cncc(C(=O)NC2CCS(=O)(=O)C2)c1. The standard InChI is InChI=1S/C17H19N3O4S/c1-24-16-5-3-2-4-15(16)19-14-8-12(9-18-10-14)17(21)20-13-6-7-25(22,23)11-13/h2-5,8-10,13,19H,6-7,11H2,1H3,(H,20,21). The predicted molar refractivity (Wildman–Crippen MR) is 95.0 cm³/mol. The highest BCUT2D eigenvalue weighted by Crippen LogP contribution is 2.26. The largest absolute Gasteiger partial charge is 0.495 e. The molecule has 1 fully saturated rings. The maximum atomic E-state index is 12.3. The summed E-state index contributed by atoms with van der Waals surface area (Å²) in [6, 6.07) is 8.74. The van der Waals surface area contributed by atoms with Crippen LogP contribution < -0.4 is 15.4 Å². The van der Waals surface area contributed by atoms with Crippen molar-refractivity contribution in [3.05, 3.63) is 48.3 Å². The predicted octanol–water partition coefficient (Wildman–Crippen LogP) is 1.75. The highest BCUT2D eigenvalue weighted by molar-refractivity contribution is 7.91. The molecule has 1 amide bonds. The van der Waals surface area contributed by atoms with Crippen LogP contribution in [-0.4, -0.2) is 44.0 Å². The number of nitrogens with zero attached hydrogens (tertiary/aromatic N) is 1. The van der Waals surface area contributed by atoms with Crippen molar-refractivity contribution >= 4 is 27.1 Å². The van der Waals surface area contributed by atoms with Crippen molar-refractivity contribution in [3.8, 4) is 5.75 Å². The van der Waals surface area contributed by atoms with E-state index < -0.39 is 9.84 Å². The second kappa shape index (κ2) is 7.10. The van der Waals surface area contributed by atoms with Gasteiger partial charge in [0.2, 0.25) is 0 Å². The maximum Gasteiger partial charge on any atom is 0.253 e. The van der Waals surface area contributed by atoms with Crippen LogP contribution in [0.5, 0.6) is 5.75 Å². The van der Waals surface area contributed by atoms with Gasteiger partial charge < -0.3 is 15.4 Å². The van der Waals surface area contributed by atoms with Crippen LogP contribution in [0, 0.1) is 0 Å². The molecule has 0 saturated carbocycles. The molecule has 1 unspecified atom stereocenters. The van der Waals surface area contributed by atoms with Gasteiger partial charge in [-0.15, -0.1) is 0 Å². The van der Waals surface area contributed by atoms with Gasteiger partial charge in [-0.2, -0.15) is 0 Å². The first kappa shape index (κ1) is 17.2. The number of amides is 1. The second-order valence-electron chi connectivity index (χ2n) is 5.86. The number of benzene rings is 1. The van der Waals surface area contributed by atoms with Crippen molar-refractivity contribution < 1.29 is 17.9 Å². The Kier molecular flexibility index (Phi) is 4.89. The number of anilines is 2. The molecular weight excluding hydrogens is 342 g/mol. The van der Waals surface area contributed by atoms with Gasteiger partial charge in [-0.3, -0.25) is 9.78 Å². The molecule has 1 aromatic heterocycles. The molecular formula is C17H19N3O4S. The fourth-order valence-corrected chi connectivity index (χ4v) is 4.39. The van der Waals surface area contributed by atoms with E-state index in [0.29, 0.717) is 23.4 Å². The fraction of sp³-hybridized carbons (Fsp3) is 0.294. The molecule has 0 bridgehead atoms. The average Bonchev–Trinajstić information content (AvgIpc) is 2.94. The van der Waals surface area contributed by atoms with Gasteiger partial charge in [-0.05, 0) is 24.6 Å². The number of rotatable bonds is 5. The Bertz CT molecular complexity index is 883. The van der Waals surface area contributed by atoms with E-state index in [9.17, 15) is 13.2 Å². The van der Waals surface area contributed by atoms with Crippen LogP contribution in [0.4, 0.5) is 11.4 Å². The van der Waals surface area contributed by atoms with Crippen LogP contribution in [0.1, 0.15) is 16.8 Å². The quantitative estimate of drug-likeness (QED) is 0.842. The highest BCUT2D eigenvalue weighted by Gasteiger charge is 2.29. The van der Waals surface area contributed by atoms with Crippen molar-refractivity contribution in [1.29, 1.82) is 0 Å². The van der Waals surface area contributed by atoms with Gasteiger partial charge in [0.15, 0.2) is 9.84 Å². The third-order valence-electron chi connectivity index (χ3n) is 3.95. The monoisotopic (exact) mass is 361 g/mol. The summed E-state index contributed by atoms with van der Waals surface area (Å²) in [6.07, 6.45) is 3.50.